The van der Waals surface area contributed by atoms with Crippen molar-refractivity contribution in [1.82, 2.24) is 25.1 Å². The first kappa shape index (κ1) is 20.7. The molecule has 2 N–H and O–H groups in total. The predicted molar refractivity (Wildman–Crippen MR) is 137 cm³/mol. The Kier molecular flexibility index (Phi) is 4.98. The molecular formula is C27H29N7. The first-order valence-corrected chi connectivity index (χ1v) is 11.9. The highest BCUT2D eigenvalue weighted by atomic mass is 15.3. The van der Waals surface area contributed by atoms with Gasteiger partial charge in [0.15, 0.2) is 0 Å². The number of H-pyrrole nitrogens is 1. The van der Waals surface area contributed by atoms with E-state index in [1.165, 1.54) is 5.56 Å². The zero-order valence-corrected chi connectivity index (χ0v) is 19.7. The lowest BCUT2D eigenvalue weighted by molar-refractivity contribution is 0.215. The minimum absolute atomic E-state index is 0.381. The Balaban J connectivity index is 1.30. The molecule has 3 aromatic heterocycles. The highest BCUT2D eigenvalue weighted by Crippen LogP contribution is 2.36. The Morgan fingerprint density at radius 3 is 2.85 bits per heavy atom. The number of hydrogen-bond donors (Lipinski definition) is 2. The van der Waals surface area contributed by atoms with Gasteiger partial charge in [-0.15, -0.1) is 0 Å². The molecule has 34 heavy (non-hydrogen) atoms. The number of rotatable bonds is 3. The molecule has 2 aliphatic heterocycles. The molecule has 0 amide bonds. The monoisotopic (exact) mass is 451 g/mol. The highest BCUT2D eigenvalue weighted by molar-refractivity contribution is 5.95. The summed E-state index contributed by atoms with van der Waals surface area (Å²) in [6.07, 6.45) is 4.13. The normalized spacial score (nSPS) is 18.2. The topological polar surface area (TPSA) is 73.0 Å². The molecule has 5 heterocycles. The number of aromatic amines is 1. The Labute approximate surface area is 199 Å². The average molecular weight is 452 g/mol. The molecule has 6 rings (SSSR count). The van der Waals surface area contributed by atoms with Gasteiger partial charge in [-0.2, -0.15) is 5.10 Å². The maximum atomic E-state index is 4.76. The van der Waals surface area contributed by atoms with E-state index in [1.807, 2.05) is 19.2 Å². The van der Waals surface area contributed by atoms with Gasteiger partial charge < -0.3 is 15.1 Å². The molecule has 1 fully saturated rings. The summed E-state index contributed by atoms with van der Waals surface area (Å²) in [6.45, 7) is 11.3. The quantitative estimate of drug-likeness (QED) is 0.456. The average Bonchev–Trinajstić information content (AvgIpc) is 3.25. The SMILES string of the molecule is C=C1Nc2cc3[nH]nc(-c4ccnc(C)c4)c3cc2CN1[C@@H]1CCCN(c2cccc(C)n2)C1. The van der Waals surface area contributed by atoms with Crippen LogP contribution in [0.2, 0.25) is 0 Å². The highest BCUT2D eigenvalue weighted by Gasteiger charge is 2.30. The molecule has 7 heteroatoms. The van der Waals surface area contributed by atoms with Crippen LogP contribution in [0, 0.1) is 13.8 Å². The van der Waals surface area contributed by atoms with Crippen LogP contribution in [0.5, 0.6) is 0 Å². The number of hydrogen-bond acceptors (Lipinski definition) is 6. The molecule has 2 aliphatic rings. The third kappa shape index (κ3) is 3.67. The smallest absolute Gasteiger partial charge is 0.128 e. The third-order valence-electron chi connectivity index (χ3n) is 6.96. The van der Waals surface area contributed by atoms with Crippen molar-refractivity contribution in [3.05, 3.63) is 78.0 Å². The minimum Gasteiger partial charge on any atom is -0.355 e. The number of anilines is 2. The molecule has 1 saturated heterocycles. The van der Waals surface area contributed by atoms with Crippen LogP contribution in [0.25, 0.3) is 22.2 Å². The van der Waals surface area contributed by atoms with Crippen molar-refractivity contribution in [2.75, 3.05) is 23.3 Å². The van der Waals surface area contributed by atoms with Crippen LogP contribution in [-0.2, 0) is 6.54 Å². The third-order valence-corrected chi connectivity index (χ3v) is 6.96. The molecular weight excluding hydrogens is 422 g/mol. The molecule has 0 radical (unpaired) electrons. The van der Waals surface area contributed by atoms with Crippen LogP contribution in [0.1, 0.15) is 29.8 Å². The Hall–Kier alpha value is -3.87. The van der Waals surface area contributed by atoms with Gasteiger partial charge >= 0.3 is 0 Å². The Morgan fingerprint density at radius 1 is 1.09 bits per heavy atom. The van der Waals surface area contributed by atoms with Crippen LogP contribution in [0.4, 0.5) is 11.5 Å². The summed E-state index contributed by atoms with van der Waals surface area (Å²) in [4.78, 5) is 13.9. The molecule has 1 atom stereocenters. The summed E-state index contributed by atoms with van der Waals surface area (Å²) in [5.41, 5.74) is 7.47. The molecule has 4 aromatic rings. The standard InChI is InChI=1S/C27H29N7/c1-17-6-4-8-26(29-17)33-11-5-7-22(16-33)34-15-21-13-23-25(14-24(21)30-19(34)3)31-32-27(23)20-9-10-28-18(2)12-20/h4,6,8-10,12-14,22,30H,3,5,7,11,15-16H2,1-2H3,(H,31,32)/t22-/m1/s1. The summed E-state index contributed by atoms with van der Waals surface area (Å²) in [5.74, 6) is 2.03. The van der Waals surface area contributed by atoms with Crippen molar-refractivity contribution in [2.45, 2.75) is 39.3 Å². The molecule has 7 nitrogen and oxygen atoms in total. The predicted octanol–water partition coefficient (Wildman–Crippen LogP) is 5.00. The zero-order valence-electron chi connectivity index (χ0n) is 19.7. The number of aromatic nitrogens is 4. The molecule has 0 spiro atoms. The zero-order chi connectivity index (χ0) is 23.2. The van der Waals surface area contributed by atoms with Gasteiger partial charge in [0.1, 0.15) is 11.5 Å². The fourth-order valence-electron chi connectivity index (χ4n) is 5.25. The Bertz CT molecular complexity index is 1390. The van der Waals surface area contributed by atoms with E-state index in [2.05, 4.69) is 80.2 Å². The van der Waals surface area contributed by atoms with E-state index in [-0.39, 0.29) is 0 Å². The summed E-state index contributed by atoms with van der Waals surface area (Å²) in [5, 5.41) is 12.5. The van der Waals surface area contributed by atoms with E-state index in [4.69, 9.17) is 4.98 Å². The number of nitrogens with one attached hydrogen (secondary N) is 2. The summed E-state index contributed by atoms with van der Waals surface area (Å²) < 4.78 is 0. The van der Waals surface area contributed by atoms with Crippen LogP contribution >= 0.6 is 0 Å². The van der Waals surface area contributed by atoms with Crippen molar-refractivity contribution in [3.63, 3.8) is 0 Å². The first-order valence-electron chi connectivity index (χ1n) is 11.9. The van der Waals surface area contributed by atoms with Gasteiger partial charge in [0.2, 0.25) is 0 Å². The number of nitrogens with zero attached hydrogens (tertiary/aromatic N) is 5. The van der Waals surface area contributed by atoms with E-state index in [0.717, 1.165) is 83.4 Å². The Morgan fingerprint density at radius 2 is 2.00 bits per heavy atom. The number of piperidine rings is 1. The lowest BCUT2D eigenvalue weighted by Gasteiger charge is -2.44. The number of benzene rings is 1. The van der Waals surface area contributed by atoms with Gasteiger partial charge in [0.25, 0.3) is 0 Å². The van der Waals surface area contributed by atoms with Gasteiger partial charge in [-0.1, -0.05) is 12.6 Å². The fraction of sp³-hybridized carbons (Fsp3) is 0.296. The van der Waals surface area contributed by atoms with Gasteiger partial charge in [-0.3, -0.25) is 10.1 Å². The second-order valence-electron chi connectivity index (χ2n) is 9.39. The van der Waals surface area contributed by atoms with Crippen molar-refractivity contribution in [2.24, 2.45) is 0 Å². The van der Waals surface area contributed by atoms with Crippen molar-refractivity contribution < 1.29 is 0 Å². The van der Waals surface area contributed by atoms with E-state index in [9.17, 15) is 0 Å². The van der Waals surface area contributed by atoms with Crippen LogP contribution < -0.4 is 10.2 Å². The first-order chi connectivity index (χ1) is 16.5. The van der Waals surface area contributed by atoms with E-state index < -0.39 is 0 Å². The van der Waals surface area contributed by atoms with Gasteiger partial charge in [-0.05, 0) is 68.7 Å². The van der Waals surface area contributed by atoms with Gasteiger partial charge in [-0.25, -0.2) is 4.98 Å². The number of pyridine rings is 2. The minimum atomic E-state index is 0.381. The van der Waals surface area contributed by atoms with E-state index in [0.29, 0.717) is 6.04 Å². The second kappa shape index (κ2) is 8.17. The largest absolute Gasteiger partial charge is 0.355 e. The maximum absolute atomic E-state index is 4.76. The summed E-state index contributed by atoms with van der Waals surface area (Å²) >= 11 is 0. The van der Waals surface area contributed by atoms with Gasteiger partial charge in [0.05, 0.1) is 11.3 Å². The molecule has 172 valence electrons. The second-order valence-corrected chi connectivity index (χ2v) is 9.39. The van der Waals surface area contributed by atoms with Gasteiger partial charge in [0, 0.05) is 59.9 Å². The van der Waals surface area contributed by atoms with Crippen LogP contribution in [0.3, 0.4) is 0 Å². The van der Waals surface area contributed by atoms with Crippen molar-refractivity contribution >= 4 is 22.4 Å². The number of aryl methyl sites for hydroxylation is 2. The van der Waals surface area contributed by atoms with Crippen molar-refractivity contribution in [3.8, 4) is 11.3 Å². The van der Waals surface area contributed by atoms with Crippen LogP contribution in [-0.4, -0.2) is 44.2 Å². The maximum Gasteiger partial charge on any atom is 0.128 e. The molecule has 0 bridgehead atoms. The van der Waals surface area contributed by atoms with Crippen LogP contribution in [0.15, 0.2) is 61.1 Å². The molecule has 1 aromatic carbocycles. The fourth-order valence-corrected chi connectivity index (χ4v) is 5.25. The lowest BCUT2D eigenvalue weighted by Crippen LogP contribution is -2.49. The molecule has 0 saturated carbocycles. The summed E-state index contributed by atoms with van der Waals surface area (Å²) in [6, 6.07) is 15.2. The molecule has 0 aliphatic carbocycles. The summed E-state index contributed by atoms with van der Waals surface area (Å²) in [7, 11) is 0. The van der Waals surface area contributed by atoms with Crippen molar-refractivity contribution in [1.29, 1.82) is 0 Å². The van der Waals surface area contributed by atoms with E-state index in [1.54, 1.807) is 0 Å². The molecule has 0 unspecified atom stereocenters. The van der Waals surface area contributed by atoms with E-state index >= 15 is 0 Å². The lowest BCUT2D eigenvalue weighted by atomic mass is 9.99. The number of fused-ring (bicyclic) bond motifs is 2.